The number of benzene rings is 1. The summed E-state index contributed by atoms with van der Waals surface area (Å²) in [5.41, 5.74) is 5.16. The van der Waals surface area contributed by atoms with E-state index in [4.69, 9.17) is 10.6 Å². The quantitative estimate of drug-likeness (QED) is 0.562. The van der Waals surface area contributed by atoms with Crippen molar-refractivity contribution >= 4 is 27.2 Å². The summed E-state index contributed by atoms with van der Waals surface area (Å²) in [6, 6.07) is 6.46. The number of fused-ring (bicyclic) bond motifs is 1. The maximum absolute atomic E-state index is 13.5. The molecule has 3 aromatic rings. The lowest BCUT2D eigenvalue weighted by atomic mass is 10.0. The number of anilines is 1. The highest BCUT2D eigenvalue weighted by atomic mass is 32.1. The second-order valence-electron chi connectivity index (χ2n) is 4.82. The molecule has 0 atom stereocenters. The van der Waals surface area contributed by atoms with Crippen LogP contribution < -0.4 is 16.0 Å². The molecule has 0 amide bonds. The van der Waals surface area contributed by atoms with Crippen LogP contribution in [0.1, 0.15) is 12.5 Å². The van der Waals surface area contributed by atoms with Gasteiger partial charge in [0.15, 0.2) is 0 Å². The normalized spacial score (nSPS) is 10.9. The second-order valence-corrected chi connectivity index (χ2v) is 5.73. The van der Waals surface area contributed by atoms with Crippen molar-refractivity contribution in [3.05, 3.63) is 41.0 Å². The Morgan fingerprint density at radius 2 is 2.18 bits per heavy atom. The summed E-state index contributed by atoms with van der Waals surface area (Å²) in [4.78, 5) is 4.60. The first kappa shape index (κ1) is 14.7. The molecule has 114 valence electrons. The van der Waals surface area contributed by atoms with Crippen LogP contribution in [0.15, 0.2) is 29.6 Å². The molecule has 3 rings (SSSR count). The molecule has 2 heterocycles. The Bertz CT molecular complexity index is 832. The molecular formula is C16H16FN3OS. The molecule has 0 saturated carbocycles. The Kier molecular flexibility index (Phi) is 3.96. The van der Waals surface area contributed by atoms with Crippen molar-refractivity contribution in [2.24, 2.45) is 5.84 Å². The highest BCUT2D eigenvalue weighted by Gasteiger charge is 2.17. The number of ether oxygens (including phenoxy) is 1. The molecule has 0 aliphatic heterocycles. The molecule has 0 aliphatic rings. The van der Waals surface area contributed by atoms with Gasteiger partial charge in [0.1, 0.15) is 17.4 Å². The lowest BCUT2D eigenvalue weighted by Gasteiger charge is -2.14. The van der Waals surface area contributed by atoms with E-state index < -0.39 is 0 Å². The van der Waals surface area contributed by atoms with Gasteiger partial charge in [0.2, 0.25) is 0 Å². The predicted octanol–water partition coefficient (Wildman–Crippen LogP) is 4.10. The van der Waals surface area contributed by atoms with Gasteiger partial charge in [0.25, 0.3) is 0 Å². The monoisotopic (exact) mass is 317 g/mol. The number of hydrogen-bond donors (Lipinski definition) is 2. The minimum Gasteiger partial charge on any atom is -0.493 e. The van der Waals surface area contributed by atoms with Crippen LogP contribution in [0, 0.1) is 12.7 Å². The highest BCUT2D eigenvalue weighted by molar-refractivity contribution is 7.17. The molecule has 0 radical (unpaired) electrons. The highest BCUT2D eigenvalue weighted by Crippen LogP contribution is 2.38. The molecule has 22 heavy (non-hydrogen) atoms. The van der Waals surface area contributed by atoms with Gasteiger partial charge < -0.3 is 10.2 Å². The van der Waals surface area contributed by atoms with E-state index in [1.165, 1.54) is 12.1 Å². The fourth-order valence-corrected chi connectivity index (χ4v) is 3.39. The first-order valence-electron chi connectivity index (χ1n) is 6.92. The van der Waals surface area contributed by atoms with Crippen LogP contribution in [0.2, 0.25) is 0 Å². The number of aryl methyl sites for hydroxylation is 1. The SMILES string of the molecule is CCOc1cc(F)ccc1-c1nc(NN)c2ccsc2c1C. The number of nitrogens with zero attached hydrogens (tertiary/aromatic N) is 1. The number of rotatable bonds is 4. The van der Waals surface area contributed by atoms with Crippen molar-refractivity contribution in [2.45, 2.75) is 13.8 Å². The van der Waals surface area contributed by atoms with E-state index in [0.717, 1.165) is 26.9 Å². The lowest BCUT2D eigenvalue weighted by molar-refractivity contribution is 0.339. The van der Waals surface area contributed by atoms with Gasteiger partial charge in [-0.1, -0.05) is 0 Å². The molecule has 0 saturated heterocycles. The Morgan fingerprint density at radius 3 is 2.91 bits per heavy atom. The fraction of sp³-hybridized carbons (Fsp3) is 0.188. The molecule has 3 N–H and O–H groups in total. The number of aromatic nitrogens is 1. The summed E-state index contributed by atoms with van der Waals surface area (Å²) in [7, 11) is 0. The van der Waals surface area contributed by atoms with Crippen LogP contribution in [0.5, 0.6) is 5.75 Å². The molecule has 1 aromatic carbocycles. The molecule has 2 aromatic heterocycles. The van der Waals surface area contributed by atoms with E-state index in [1.54, 1.807) is 17.4 Å². The number of thiophene rings is 1. The zero-order chi connectivity index (χ0) is 15.7. The van der Waals surface area contributed by atoms with E-state index in [9.17, 15) is 4.39 Å². The van der Waals surface area contributed by atoms with E-state index in [0.29, 0.717) is 18.2 Å². The Balaban J connectivity index is 2.28. The van der Waals surface area contributed by atoms with Crippen molar-refractivity contribution in [3.63, 3.8) is 0 Å². The summed E-state index contributed by atoms with van der Waals surface area (Å²) in [6.07, 6.45) is 0. The van der Waals surface area contributed by atoms with Gasteiger partial charge in [-0.25, -0.2) is 15.2 Å². The van der Waals surface area contributed by atoms with Gasteiger partial charge in [-0.2, -0.15) is 0 Å². The van der Waals surface area contributed by atoms with Gasteiger partial charge in [-0.15, -0.1) is 11.3 Å². The molecular weight excluding hydrogens is 301 g/mol. The van der Waals surface area contributed by atoms with Gasteiger partial charge in [-0.3, -0.25) is 0 Å². The van der Waals surface area contributed by atoms with Crippen LogP contribution in [-0.2, 0) is 0 Å². The Hall–Kier alpha value is -2.18. The smallest absolute Gasteiger partial charge is 0.149 e. The van der Waals surface area contributed by atoms with E-state index in [2.05, 4.69) is 10.4 Å². The van der Waals surface area contributed by atoms with Crippen LogP contribution in [0.25, 0.3) is 21.3 Å². The van der Waals surface area contributed by atoms with Crippen molar-refractivity contribution in [2.75, 3.05) is 12.0 Å². The summed E-state index contributed by atoms with van der Waals surface area (Å²) in [6.45, 7) is 4.32. The number of nitrogens with one attached hydrogen (secondary N) is 1. The number of pyridine rings is 1. The van der Waals surface area contributed by atoms with E-state index in [-0.39, 0.29) is 5.82 Å². The fourth-order valence-electron chi connectivity index (χ4n) is 2.49. The first-order chi connectivity index (χ1) is 10.7. The maximum Gasteiger partial charge on any atom is 0.149 e. The molecule has 0 bridgehead atoms. The van der Waals surface area contributed by atoms with Gasteiger partial charge >= 0.3 is 0 Å². The topological polar surface area (TPSA) is 60.2 Å². The number of halogens is 1. The van der Waals surface area contributed by atoms with Gasteiger partial charge in [0, 0.05) is 21.7 Å². The van der Waals surface area contributed by atoms with E-state index in [1.807, 2.05) is 25.3 Å². The first-order valence-corrected chi connectivity index (χ1v) is 7.80. The van der Waals surface area contributed by atoms with Crippen LogP contribution in [-0.4, -0.2) is 11.6 Å². The summed E-state index contributed by atoms with van der Waals surface area (Å²) in [5.74, 6) is 6.34. The molecule has 0 aliphatic carbocycles. The van der Waals surface area contributed by atoms with Crippen LogP contribution >= 0.6 is 11.3 Å². The number of nitrogen functional groups attached to an aromatic ring is 1. The molecule has 0 unspecified atom stereocenters. The largest absolute Gasteiger partial charge is 0.493 e. The zero-order valence-corrected chi connectivity index (χ0v) is 13.1. The molecule has 0 spiro atoms. The van der Waals surface area contributed by atoms with Crippen molar-refractivity contribution in [1.82, 2.24) is 4.98 Å². The standard InChI is InChI=1S/C16H16FN3OS/c1-3-21-13-8-10(17)4-5-11(13)14-9(2)15-12(6-7-22-15)16(19-14)20-18/h4-8H,3,18H2,1-2H3,(H,19,20). The average Bonchev–Trinajstić information content (AvgIpc) is 2.99. The van der Waals surface area contributed by atoms with Crippen molar-refractivity contribution in [3.8, 4) is 17.0 Å². The number of hydrogen-bond acceptors (Lipinski definition) is 5. The minimum absolute atomic E-state index is 0.334. The maximum atomic E-state index is 13.5. The summed E-state index contributed by atoms with van der Waals surface area (Å²) < 4.78 is 20.2. The predicted molar refractivity (Wildman–Crippen MR) is 88.7 cm³/mol. The van der Waals surface area contributed by atoms with Crippen LogP contribution in [0.3, 0.4) is 0 Å². The lowest BCUT2D eigenvalue weighted by Crippen LogP contribution is -2.10. The number of hydrazine groups is 1. The third-order valence-electron chi connectivity index (χ3n) is 3.48. The molecule has 0 fully saturated rings. The third kappa shape index (κ3) is 2.40. The van der Waals surface area contributed by atoms with Crippen molar-refractivity contribution < 1.29 is 9.13 Å². The Labute approximate surface area is 131 Å². The van der Waals surface area contributed by atoms with Crippen molar-refractivity contribution in [1.29, 1.82) is 0 Å². The molecule has 4 nitrogen and oxygen atoms in total. The number of nitrogens with two attached hydrogens (primary N) is 1. The average molecular weight is 317 g/mol. The van der Waals surface area contributed by atoms with Gasteiger partial charge in [0.05, 0.1) is 12.3 Å². The molecule has 6 heteroatoms. The van der Waals surface area contributed by atoms with E-state index >= 15 is 0 Å². The third-order valence-corrected chi connectivity index (χ3v) is 4.51. The summed E-state index contributed by atoms with van der Waals surface area (Å²) >= 11 is 1.62. The van der Waals surface area contributed by atoms with Crippen LogP contribution in [0.4, 0.5) is 10.2 Å². The second kappa shape index (κ2) is 5.90. The zero-order valence-electron chi connectivity index (χ0n) is 12.3. The Morgan fingerprint density at radius 1 is 1.36 bits per heavy atom. The minimum atomic E-state index is -0.334. The summed E-state index contributed by atoms with van der Waals surface area (Å²) in [5, 5.41) is 2.98. The van der Waals surface area contributed by atoms with Gasteiger partial charge in [-0.05, 0) is 43.0 Å².